The lowest BCUT2D eigenvalue weighted by molar-refractivity contribution is -0.138. The topological polar surface area (TPSA) is 96.8 Å². The number of halogens is 2. The summed E-state index contributed by atoms with van der Waals surface area (Å²) in [5, 5.41) is 13.7. The van der Waals surface area contributed by atoms with E-state index in [-0.39, 0.29) is 24.4 Å². The van der Waals surface area contributed by atoms with Crippen LogP contribution in [0.4, 0.5) is 15.9 Å². The van der Waals surface area contributed by atoms with Crippen molar-refractivity contribution in [3.8, 4) is 11.5 Å². The molecule has 0 radical (unpaired) electrons. The molecule has 1 amide bonds. The molecule has 3 aromatic carbocycles. The van der Waals surface area contributed by atoms with Crippen LogP contribution in [-0.2, 0) is 11.4 Å². The maximum absolute atomic E-state index is 13.9. The first-order valence-electron chi connectivity index (χ1n) is 12.7. The van der Waals surface area contributed by atoms with Crippen LogP contribution in [-0.4, -0.2) is 51.7 Å². The monoisotopic (exact) mass is 550 g/mol. The predicted molar refractivity (Wildman–Crippen MR) is 147 cm³/mol. The summed E-state index contributed by atoms with van der Waals surface area (Å²) < 4.78 is 25.9. The Labute approximate surface area is 230 Å². The molecule has 1 unspecified atom stereocenters. The van der Waals surface area contributed by atoms with E-state index in [1.165, 1.54) is 12.4 Å². The third-order valence-corrected chi connectivity index (χ3v) is 6.97. The van der Waals surface area contributed by atoms with Crippen molar-refractivity contribution in [2.24, 2.45) is 0 Å². The smallest absolute Gasteiger partial charge is 0.248 e. The van der Waals surface area contributed by atoms with Gasteiger partial charge in [-0.1, -0.05) is 35.9 Å². The number of nitrogens with one attached hydrogen (secondary N) is 1. The molecule has 0 saturated carbocycles. The maximum atomic E-state index is 13.9. The van der Waals surface area contributed by atoms with E-state index in [0.717, 1.165) is 19.3 Å². The Morgan fingerprint density at radius 2 is 1.95 bits per heavy atom. The number of rotatable bonds is 9. The normalized spacial score (nSPS) is 15.3. The number of likely N-dealkylation sites (tertiary alicyclic amines) is 1. The van der Waals surface area contributed by atoms with E-state index in [1.54, 1.807) is 41.3 Å². The number of piperidine rings is 1. The second kappa shape index (κ2) is 12.3. The fourth-order valence-electron chi connectivity index (χ4n) is 4.68. The van der Waals surface area contributed by atoms with Crippen molar-refractivity contribution in [3.05, 3.63) is 83.4 Å². The van der Waals surface area contributed by atoms with Gasteiger partial charge in [-0.3, -0.25) is 4.79 Å². The molecule has 1 saturated heterocycles. The molecule has 4 aromatic rings. The van der Waals surface area contributed by atoms with Gasteiger partial charge in [0, 0.05) is 17.8 Å². The number of amides is 1. The van der Waals surface area contributed by atoms with E-state index in [9.17, 15) is 14.3 Å². The second-order valence-corrected chi connectivity index (χ2v) is 9.64. The number of ether oxygens (including phenoxy) is 2. The Hall–Kier alpha value is -3.95. The van der Waals surface area contributed by atoms with Crippen LogP contribution in [0, 0.1) is 5.82 Å². The van der Waals surface area contributed by atoms with Crippen molar-refractivity contribution >= 4 is 39.9 Å². The minimum atomic E-state index is -0.512. The second-order valence-electron chi connectivity index (χ2n) is 9.23. The summed E-state index contributed by atoms with van der Waals surface area (Å²) in [6.07, 6.45) is 4.18. The van der Waals surface area contributed by atoms with Crippen LogP contribution in [0.3, 0.4) is 0 Å². The van der Waals surface area contributed by atoms with Gasteiger partial charge >= 0.3 is 0 Å². The highest BCUT2D eigenvalue weighted by Gasteiger charge is 2.27. The van der Waals surface area contributed by atoms with Gasteiger partial charge in [0.05, 0.1) is 22.0 Å². The highest BCUT2D eigenvalue weighted by Crippen LogP contribution is 2.34. The highest BCUT2D eigenvalue weighted by molar-refractivity contribution is 6.32. The Balaban J connectivity index is 1.33. The number of aromatic nitrogens is 2. The van der Waals surface area contributed by atoms with Crippen molar-refractivity contribution in [2.45, 2.75) is 31.9 Å². The molecule has 1 aromatic heterocycles. The lowest BCUT2D eigenvalue weighted by atomic mass is 10.0. The van der Waals surface area contributed by atoms with E-state index in [0.29, 0.717) is 57.6 Å². The summed E-state index contributed by atoms with van der Waals surface area (Å²) in [5.41, 5.74) is 1.79. The molecule has 8 nitrogen and oxygen atoms in total. The first kappa shape index (κ1) is 26.6. The molecule has 2 heterocycles. The average molecular weight is 551 g/mol. The van der Waals surface area contributed by atoms with Gasteiger partial charge in [-0.25, -0.2) is 14.4 Å². The number of fused-ring (bicyclic) bond motifs is 1. The summed E-state index contributed by atoms with van der Waals surface area (Å²) in [4.78, 5) is 22.7. The van der Waals surface area contributed by atoms with Gasteiger partial charge in [-0.2, -0.15) is 0 Å². The van der Waals surface area contributed by atoms with Crippen LogP contribution in [0.1, 0.15) is 24.8 Å². The number of hydrogen-bond donors (Lipinski definition) is 2. The third kappa shape index (κ3) is 6.21. The molecule has 1 aliphatic heterocycles. The number of carbonyl (C=O) groups excluding carboxylic acids is 1. The van der Waals surface area contributed by atoms with E-state index in [4.69, 9.17) is 21.1 Å². The molecule has 0 spiro atoms. The molecular weight excluding hydrogens is 523 g/mol. The Morgan fingerprint density at radius 1 is 1.08 bits per heavy atom. The zero-order valence-corrected chi connectivity index (χ0v) is 21.9. The molecule has 10 heteroatoms. The number of nitrogens with zero attached hydrogens (tertiary/aromatic N) is 3. The molecule has 0 aliphatic carbocycles. The molecule has 0 bridgehead atoms. The van der Waals surface area contributed by atoms with Crippen molar-refractivity contribution in [1.29, 1.82) is 0 Å². The summed E-state index contributed by atoms with van der Waals surface area (Å²) in [7, 11) is 0. The molecule has 202 valence electrons. The first-order valence-corrected chi connectivity index (χ1v) is 13.1. The predicted octanol–water partition coefficient (Wildman–Crippen LogP) is 5.50. The van der Waals surface area contributed by atoms with Gasteiger partial charge in [0.1, 0.15) is 49.3 Å². The zero-order chi connectivity index (χ0) is 27.2. The van der Waals surface area contributed by atoms with Gasteiger partial charge < -0.3 is 24.8 Å². The molecule has 1 atom stereocenters. The van der Waals surface area contributed by atoms with Crippen LogP contribution in [0.25, 0.3) is 10.9 Å². The van der Waals surface area contributed by atoms with Crippen molar-refractivity contribution in [1.82, 2.24) is 14.9 Å². The van der Waals surface area contributed by atoms with Crippen LogP contribution in [0.15, 0.2) is 67.0 Å². The minimum absolute atomic E-state index is 0.0543. The van der Waals surface area contributed by atoms with Crippen LogP contribution >= 0.6 is 11.6 Å². The Bertz CT molecular complexity index is 1470. The van der Waals surface area contributed by atoms with Gasteiger partial charge in [-0.05, 0) is 55.7 Å². The Kier molecular flexibility index (Phi) is 8.39. The van der Waals surface area contributed by atoms with Crippen molar-refractivity contribution < 1.29 is 23.8 Å². The SMILES string of the molecule is O=C(CO)N1CCCCC1COc1cccc2ncnc(Nc3ccc(OCc4ccccc4F)c(Cl)c3)c12. The minimum Gasteiger partial charge on any atom is -0.491 e. The molecule has 39 heavy (non-hydrogen) atoms. The fourth-order valence-corrected chi connectivity index (χ4v) is 4.91. The number of aliphatic hydroxyl groups excluding tert-OH is 1. The highest BCUT2D eigenvalue weighted by atomic mass is 35.5. The van der Waals surface area contributed by atoms with Crippen LogP contribution < -0.4 is 14.8 Å². The summed E-state index contributed by atoms with van der Waals surface area (Å²) >= 11 is 6.47. The lowest BCUT2D eigenvalue weighted by Crippen LogP contribution is -2.47. The van der Waals surface area contributed by atoms with E-state index >= 15 is 0 Å². The standard InChI is InChI=1S/C29H28ClFN4O4/c30-22-14-20(11-12-25(22)38-16-19-6-1-2-8-23(19)31)34-29-28-24(32-18-33-29)9-5-10-26(28)39-17-21-7-3-4-13-35(21)27(37)15-36/h1-2,5-6,8-12,14,18,21,36H,3-4,7,13,15-17H2,(H,32,33,34). The zero-order valence-electron chi connectivity index (χ0n) is 21.1. The number of aliphatic hydroxyl groups is 1. The lowest BCUT2D eigenvalue weighted by Gasteiger charge is -2.35. The van der Waals surface area contributed by atoms with E-state index in [2.05, 4.69) is 15.3 Å². The molecule has 2 N–H and O–H groups in total. The number of anilines is 2. The first-order chi connectivity index (χ1) is 19.0. The van der Waals surface area contributed by atoms with Gasteiger partial charge in [-0.15, -0.1) is 0 Å². The number of hydrogen-bond acceptors (Lipinski definition) is 7. The maximum Gasteiger partial charge on any atom is 0.248 e. The fraction of sp³-hybridized carbons (Fsp3) is 0.276. The molecule has 1 fully saturated rings. The van der Waals surface area contributed by atoms with Crippen LogP contribution in [0.5, 0.6) is 11.5 Å². The van der Waals surface area contributed by atoms with Crippen molar-refractivity contribution in [3.63, 3.8) is 0 Å². The quantitative estimate of drug-likeness (QED) is 0.284. The molecular formula is C29H28ClFN4O4. The van der Waals surface area contributed by atoms with Gasteiger partial charge in [0.2, 0.25) is 5.91 Å². The van der Waals surface area contributed by atoms with Gasteiger partial charge in [0.25, 0.3) is 0 Å². The third-order valence-electron chi connectivity index (χ3n) is 6.67. The number of benzene rings is 3. The van der Waals surface area contributed by atoms with E-state index < -0.39 is 6.61 Å². The summed E-state index contributed by atoms with van der Waals surface area (Å²) in [5.74, 6) is 0.908. The largest absolute Gasteiger partial charge is 0.491 e. The molecule has 5 rings (SSSR count). The van der Waals surface area contributed by atoms with Crippen molar-refractivity contribution in [2.75, 3.05) is 25.1 Å². The summed E-state index contributed by atoms with van der Waals surface area (Å²) in [6.45, 7) is 0.444. The Morgan fingerprint density at radius 3 is 2.77 bits per heavy atom. The van der Waals surface area contributed by atoms with E-state index in [1.807, 2.05) is 18.2 Å². The number of carbonyl (C=O) groups is 1. The molecule has 1 aliphatic rings. The summed E-state index contributed by atoms with van der Waals surface area (Å²) in [6, 6.07) is 17.1. The van der Waals surface area contributed by atoms with Gasteiger partial charge in [0.15, 0.2) is 0 Å². The average Bonchev–Trinajstić information content (AvgIpc) is 2.96. The van der Waals surface area contributed by atoms with Crippen LogP contribution in [0.2, 0.25) is 5.02 Å².